The molecule has 0 bridgehead atoms. The third-order valence-corrected chi connectivity index (χ3v) is 12.2. The fourth-order valence-corrected chi connectivity index (χ4v) is 10.4. The highest BCUT2D eigenvalue weighted by molar-refractivity contribution is 5.15. The van der Waals surface area contributed by atoms with Gasteiger partial charge in [-0.15, -0.1) is 0 Å². The maximum absolute atomic E-state index is 10.8. The average Bonchev–Trinajstić information content (AvgIpc) is 3.16. The largest absolute Gasteiger partial charge is 0.390 e. The molecular formula is C28H46O3. The molecule has 6 rings (SSSR count). The minimum Gasteiger partial charge on any atom is -0.390 e. The van der Waals surface area contributed by atoms with Crippen LogP contribution in [-0.4, -0.2) is 29.2 Å². The van der Waals surface area contributed by atoms with Gasteiger partial charge in [0, 0.05) is 12.3 Å². The maximum Gasteiger partial charge on any atom is 0.171 e. The molecule has 1 N–H and O–H groups in total. The molecule has 1 unspecified atom stereocenters. The molecule has 2 saturated heterocycles. The summed E-state index contributed by atoms with van der Waals surface area (Å²) in [6, 6.07) is 0. The fraction of sp³-hybridized carbons (Fsp3) is 1.00. The fourth-order valence-electron chi connectivity index (χ4n) is 10.4. The van der Waals surface area contributed by atoms with Gasteiger partial charge >= 0.3 is 0 Å². The molecule has 4 saturated carbocycles. The van der Waals surface area contributed by atoms with Crippen molar-refractivity contribution in [1.82, 2.24) is 0 Å². The van der Waals surface area contributed by atoms with Crippen LogP contribution in [0, 0.1) is 52.3 Å². The summed E-state index contributed by atoms with van der Waals surface area (Å²) >= 11 is 0. The van der Waals surface area contributed by atoms with Crippen LogP contribution in [0.4, 0.5) is 0 Å². The number of fused-ring (bicyclic) bond motifs is 7. The highest BCUT2D eigenvalue weighted by Crippen LogP contribution is 2.71. The van der Waals surface area contributed by atoms with Crippen LogP contribution < -0.4 is 0 Å². The number of rotatable bonds is 0. The summed E-state index contributed by atoms with van der Waals surface area (Å²) in [7, 11) is 0. The lowest BCUT2D eigenvalue weighted by molar-refractivity contribution is -0.273. The quantitative estimate of drug-likeness (QED) is 0.498. The summed E-state index contributed by atoms with van der Waals surface area (Å²) in [4.78, 5) is 0. The van der Waals surface area contributed by atoms with Crippen molar-refractivity contribution in [2.75, 3.05) is 6.61 Å². The summed E-state index contributed by atoms with van der Waals surface area (Å²) in [5, 5.41) is 10.8. The Kier molecular flexibility index (Phi) is 4.65. The van der Waals surface area contributed by atoms with E-state index < -0.39 is 5.60 Å². The first kappa shape index (κ1) is 21.4. The first-order valence-electron chi connectivity index (χ1n) is 13.6. The number of hydrogen-bond donors (Lipinski definition) is 1. The highest BCUT2D eigenvalue weighted by Gasteiger charge is 2.69. The van der Waals surface area contributed by atoms with Gasteiger partial charge in [0.25, 0.3) is 0 Å². The molecule has 6 fully saturated rings. The van der Waals surface area contributed by atoms with Crippen LogP contribution >= 0.6 is 0 Å². The van der Waals surface area contributed by atoms with Crippen molar-refractivity contribution in [3.05, 3.63) is 0 Å². The molecule has 4 aliphatic carbocycles. The van der Waals surface area contributed by atoms with Gasteiger partial charge in [-0.3, -0.25) is 0 Å². The van der Waals surface area contributed by atoms with Crippen molar-refractivity contribution in [3.63, 3.8) is 0 Å². The summed E-state index contributed by atoms with van der Waals surface area (Å²) in [6.45, 7) is 13.0. The first-order chi connectivity index (χ1) is 14.6. The predicted octanol–water partition coefficient (Wildman–Crippen LogP) is 6.18. The van der Waals surface area contributed by atoms with E-state index in [0.29, 0.717) is 34.7 Å². The predicted molar refractivity (Wildman–Crippen MR) is 122 cm³/mol. The van der Waals surface area contributed by atoms with Gasteiger partial charge in [-0.05, 0) is 111 Å². The zero-order valence-corrected chi connectivity index (χ0v) is 20.7. The third kappa shape index (κ3) is 2.88. The Labute approximate surface area is 190 Å². The van der Waals surface area contributed by atoms with Crippen LogP contribution in [0.2, 0.25) is 0 Å². The van der Waals surface area contributed by atoms with Crippen LogP contribution in [0.3, 0.4) is 0 Å². The summed E-state index contributed by atoms with van der Waals surface area (Å²) < 4.78 is 13.4. The Morgan fingerprint density at radius 3 is 2.39 bits per heavy atom. The Hall–Kier alpha value is -0.120. The van der Waals surface area contributed by atoms with Crippen molar-refractivity contribution in [2.45, 2.75) is 116 Å². The minimum atomic E-state index is -0.431. The van der Waals surface area contributed by atoms with Crippen LogP contribution in [-0.2, 0) is 9.47 Å². The van der Waals surface area contributed by atoms with Crippen molar-refractivity contribution >= 4 is 0 Å². The zero-order valence-electron chi connectivity index (χ0n) is 20.7. The summed E-state index contributed by atoms with van der Waals surface area (Å²) in [6.07, 6.45) is 12.8. The van der Waals surface area contributed by atoms with Crippen LogP contribution in [0.1, 0.15) is 98.8 Å². The maximum atomic E-state index is 10.8. The van der Waals surface area contributed by atoms with Gasteiger partial charge in [0.15, 0.2) is 5.79 Å². The molecule has 0 radical (unpaired) electrons. The smallest absolute Gasteiger partial charge is 0.171 e. The Bertz CT molecular complexity index is 724. The Balaban J connectivity index is 1.25. The minimum absolute atomic E-state index is 0.286. The Morgan fingerprint density at radius 1 is 0.839 bits per heavy atom. The van der Waals surface area contributed by atoms with E-state index in [4.69, 9.17) is 9.47 Å². The van der Waals surface area contributed by atoms with Gasteiger partial charge in [0.05, 0.1) is 18.3 Å². The molecule has 176 valence electrons. The second-order valence-corrected chi connectivity index (χ2v) is 13.9. The molecule has 6 aliphatic rings. The average molecular weight is 431 g/mol. The normalized spacial score (nSPS) is 63.3. The lowest BCUT2D eigenvalue weighted by atomic mass is 9.43. The molecule has 12 atom stereocenters. The first-order valence-corrected chi connectivity index (χ1v) is 13.6. The lowest BCUT2D eigenvalue weighted by Crippen LogP contribution is -2.56. The van der Waals surface area contributed by atoms with E-state index in [1.807, 2.05) is 0 Å². The van der Waals surface area contributed by atoms with Gasteiger partial charge in [-0.1, -0.05) is 27.7 Å². The SMILES string of the molecule is CC1CC[C@@]2(OC1)O[C@H]1C[C@H]3[C@@H]4CC[C@@H]5C[C@@](C)(O)CC[C@]5(C)[C@H]4CC[C@]3(C)[C@H]1[C@@H]2C. The Morgan fingerprint density at radius 2 is 1.65 bits per heavy atom. The standard InChI is InChI=1S/C28H46O3/c1-17-8-11-28(30-16-17)18(2)24-23(31-28)14-22-20-7-6-19-15-25(3,29)12-13-26(19,4)21(20)9-10-27(22,24)5/h17-24,29H,6-16H2,1-5H3/t17?,18-,19+,20+,21-,22-,23-,24-,25-,26-,27-,28+/m0/s1. The molecule has 0 aromatic carbocycles. The molecule has 0 aromatic heterocycles. The molecule has 2 heterocycles. The number of hydrogen-bond acceptors (Lipinski definition) is 3. The summed E-state index contributed by atoms with van der Waals surface area (Å²) in [5.41, 5.74) is 0.435. The second-order valence-electron chi connectivity index (χ2n) is 13.9. The number of ether oxygens (including phenoxy) is 2. The van der Waals surface area contributed by atoms with Crippen molar-refractivity contribution in [1.29, 1.82) is 0 Å². The van der Waals surface area contributed by atoms with Crippen molar-refractivity contribution in [3.8, 4) is 0 Å². The zero-order chi connectivity index (χ0) is 21.8. The molecule has 1 spiro atoms. The van der Waals surface area contributed by atoms with Gasteiger partial charge in [0.2, 0.25) is 0 Å². The second kappa shape index (κ2) is 6.72. The van der Waals surface area contributed by atoms with Gasteiger partial charge in [-0.25, -0.2) is 0 Å². The lowest BCUT2D eigenvalue weighted by Gasteiger charge is -2.62. The summed E-state index contributed by atoms with van der Waals surface area (Å²) in [5.74, 6) is 4.85. The van der Waals surface area contributed by atoms with Gasteiger partial charge in [-0.2, -0.15) is 0 Å². The van der Waals surface area contributed by atoms with Crippen LogP contribution in [0.5, 0.6) is 0 Å². The molecular weight excluding hydrogens is 384 g/mol. The van der Waals surface area contributed by atoms with Crippen LogP contribution in [0.15, 0.2) is 0 Å². The van der Waals surface area contributed by atoms with Crippen molar-refractivity contribution in [2.24, 2.45) is 52.3 Å². The van der Waals surface area contributed by atoms with E-state index in [9.17, 15) is 5.11 Å². The van der Waals surface area contributed by atoms with E-state index in [-0.39, 0.29) is 5.79 Å². The van der Waals surface area contributed by atoms with E-state index in [1.54, 1.807) is 0 Å². The topological polar surface area (TPSA) is 38.7 Å². The van der Waals surface area contributed by atoms with Gasteiger partial charge in [0.1, 0.15) is 0 Å². The van der Waals surface area contributed by atoms with Crippen LogP contribution in [0.25, 0.3) is 0 Å². The van der Waals surface area contributed by atoms with E-state index in [0.717, 1.165) is 49.5 Å². The number of aliphatic hydroxyl groups is 1. The molecule has 0 aromatic rings. The molecule has 2 aliphatic heterocycles. The van der Waals surface area contributed by atoms with E-state index >= 15 is 0 Å². The molecule has 3 nitrogen and oxygen atoms in total. The third-order valence-electron chi connectivity index (χ3n) is 12.2. The van der Waals surface area contributed by atoms with E-state index in [1.165, 1.54) is 44.9 Å². The van der Waals surface area contributed by atoms with Gasteiger partial charge < -0.3 is 14.6 Å². The van der Waals surface area contributed by atoms with Crippen molar-refractivity contribution < 1.29 is 14.6 Å². The molecule has 31 heavy (non-hydrogen) atoms. The van der Waals surface area contributed by atoms with E-state index in [2.05, 4.69) is 34.6 Å². The monoisotopic (exact) mass is 430 g/mol. The molecule has 3 heteroatoms. The highest BCUT2D eigenvalue weighted by atomic mass is 16.7. The molecule has 0 amide bonds.